The molecular formula is C12H12F3NO3. The maximum atomic E-state index is 12.8. The Balaban J connectivity index is 3.23. The fourth-order valence-electron chi connectivity index (χ4n) is 1.42. The molecule has 4 nitrogen and oxygen atoms in total. The summed E-state index contributed by atoms with van der Waals surface area (Å²) in [5.74, 6) is -1.48. The Morgan fingerprint density at radius 1 is 1.32 bits per heavy atom. The van der Waals surface area contributed by atoms with Gasteiger partial charge in [0.05, 0.1) is 23.4 Å². The number of anilines is 1. The van der Waals surface area contributed by atoms with Gasteiger partial charge < -0.3 is 10.1 Å². The summed E-state index contributed by atoms with van der Waals surface area (Å²) in [6.07, 6.45) is -4.68. The molecule has 104 valence electrons. The Kier molecular flexibility index (Phi) is 4.52. The first kappa shape index (κ1) is 15.0. The molecule has 0 aliphatic rings. The highest BCUT2D eigenvalue weighted by molar-refractivity contribution is 5.93. The Labute approximate surface area is 107 Å². The van der Waals surface area contributed by atoms with Crippen LogP contribution in [-0.2, 0) is 15.7 Å². The van der Waals surface area contributed by atoms with Gasteiger partial charge in [0.15, 0.2) is 0 Å². The number of ether oxygens (including phenoxy) is 1. The van der Waals surface area contributed by atoms with Crippen LogP contribution in [0.4, 0.5) is 18.9 Å². The van der Waals surface area contributed by atoms with Gasteiger partial charge in [-0.25, -0.2) is 4.79 Å². The van der Waals surface area contributed by atoms with Gasteiger partial charge in [0.2, 0.25) is 5.91 Å². The van der Waals surface area contributed by atoms with Gasteiger partial charge in [-0.05, 0) is 25.1 Å². The average molecular weight is 275 g/mol. The number of amides is 1. The maximum absolute atomic E-state index is 12.8. The summed E-state index contributed by atoms with van der Waals surface area (Å²) in [5.41, 5.74) is -1.70. The fraction of sp³-hybridized carbons (Fsp3) is 0.333. The van der Waals surface area contributed by atoms with Crippen molar-refractivity contribution in [2.24, 2.45) is 0 Å². The highest BCUT2D eigenvalue weighted by Crippen LogP contribution is 2.35. The van der Waals surface area contributed by atoms with Crippen LogP contribution in [0, 0.1) is 0 Å². The van der Waals surface area contributed by atoms with E-state index in [-0.39, 0.29) is 12.2 Å². The number of nitrogens with one attached hydrogen (secondary N) is 1. The number of rotatable bonds is 3. The molecule has 1 aromatic carbocycles. The van der Waals surface area contributed by atoms with E-state index in [9.17, 15) is 22.8 Å². The van der Waals surface area contributed by atoms with Crippen molar-refractivity contribution in [2.75, 3.05) is 11.9 Å². The molecule has 0 saturated carbocycles. The SMILES string of the molecule is CCOC(=O)c1ccc(NC(C)=O)c(C(F)(F)F)c1. The molecule has 0 aliphatic carbocycles. The normalized spacial score (nSPS) is 11.0. The Morgan fingerprint density at radius 3 is 2.42 bits per heavy atom. The standard InChI is InChI=1S/C12H12F3NO3/c1-3-19-11(18)8-4-5-10(16-7(2)17)9(6-8)12(13,14)15/h4-6H,3H2,1-2H3,(H,16,17). The molecule has 0 bridgehead atoms. The minimum absolute atomic E-state index is 0.0631. The Hall–Kier alpha value is -2.05. The summed E-state index contributed by atoms with van der Waals surface area (Å²) in [7, 11) is 0. The van der Waals surface area contributed by atoms with Crippen molar-refractivity contribution in [3.05, 3.63) is 29.3 Å². The number of carbonyl (C=O) groups is 2. The van der Waals surface area contributed by atoms with E-state index in [1.54, 1.807) is 6.92 Å². The molecule has 19 heavy (non-hydrogen) atoms. The average Bonchev–Trinajstić information content (AvgIpc) is 2.27. The van der Waals surface area contributed by atoms with Crippen molar-refractivity contribution in [1.29, 1.82) is 0 Å². The number of hydrogen-bond donors (Lipinski definition) is 1. The van der Waals surface area contributed by atoms with Crippen molar-refractivity contribution in [1.82, 2.24) is 0 Å². The lowest BCUT2D eigenvalue weighted by atomic mass is 10.1. The summed E-state index contributed by atoms with van der Waals surface area (Å²) >= 11 is 0. The Bertz CT molecular complexity index is 497. The van der Waals surface area contributed by atoms with Gasteiger partial charge in [0.25, 0.3) is 0 Å². The summed E-state index contributed by atoms with van der Waals surface area (Å²) in [6.45, 7) is 2.71. The lowest BCUT2D eigenvalue weighted by Gasteiger charge is -2.14. The lowest BCUT2D eigenvalue weighted by molar-refractivity contribution is -0.137. The molecule has 0 saturated heterocycles. The molecule has 0 atom stereocenters. The minimum atomic E-state index is -4.68. The van der Waals surface area contributed by atoms with Gasteiger partial charge in [0, 0.05) is 6.92 Å². The third-order valence-corrected chi connectivity index (χ3v) is 2.15. The molecule has 1 amide bonds. The van der Waals surface area contributed by atoms with Crippen LogP contribution in [0.1, 0.15) is 29.8 Å². The van der Waals surface area contributed by atoms with E-state index in [0.717, 1.165) is 13.0 Å². The number of benzene rings is 1. The van der Waals surface area contributed by atoms with Gasteiger partial charge in [0.1, 0.15) is 0 Å². The second-order valence-corrected chi connectivity index (χ2v) is 3.66. The molecule has 0 spiro atoms. The quantitative estimate of drug-likeness (QED) is 0.863. The molecule has 0 radical (unpaired) electrons. The molecule has 0 aliphatic heterocycles. The Morgan fingerprint density at radius 2 is 1.95 bits per heavy atom. The van der Waals surface area contributed by atoms with Gasteiger partial charge in [-0.1, -0.05) is 0 Å². The van der Waals surface area contributed by atoms with Crippen molar-refractivity contribution in [3.63, 3.8) is 0 Å². The molecule has 0 aromatic heterocycles. The zero-order valence-electron chi connectivity index (χ0n) is 10.3. The summed E-state index contributed by atoms with van der Waals surface area (Å²) in [5, 5.41) is 2.07. The maximum Gasteiger partial charge on any atom is 0.418 e. The van der Waals surface area contributed by atoms with E-state index in [0.29, 0.717) is 6.07 Å². The van der Waals surface area contributed by atoms with Crippen molar-refractivity contribution >= 4 is 17.6 Å². The van der Waals surface area contributed by atoms with Crippen molar-refractivity contribution in [3.8, 4) is 0 Å². The second kappa shape index (κ2) is 5.73. The third kappa shape index (κ3) is 3.97. The summed E-state index contributed by atoms with van der Waals surface area (Å²) in [4.78, 5) is 22.2. The molecule has 1 aromatic rings. The van der Waals surface area contributed by atoms with Crippen LogP contribution in [0.25, 0.3) is 0 Å². The van der Waals surface area contributed by atoms with Crippen LogP contribution in [0.2, 0.25) is 0 Å². The topological polar surface area (TPSA) is 55.4 Å². The third-order valence-electron chi connectivity index (χ3n) is 2.15. The predicted octanol–water partition coefficient (Wildman–Crippen LogP) is 2.84. The zero-order chi connectivity index (χ0) is 14.6. The number of carbonyl (C=O) groups excluding carboxylic acids is 2. The van der Waals surface area contributed by atoms with Crippen molar-refractivity contribution in [2.45, 2.75) is 20.0 Å². The fourth-order valence-corrected chi connectivity index (χ4v) is 1.42. The number of alkyl halides is 3. The van der Waals surface area contributed by atoms with E-state index < -0.39 is 29.3 Å². The minimum Gasteiger partial charge on any atom is -0.462 e. The van der Waals surface area contributed by atoms with E-state index in [4.69, 9.17) is 0 Å². The van der Waals surface area contributed by atoms with E-state index in [1.807, 2.05) is 0 Å². The molecule has 0 fully saturated rings. The first-order valence-electron chi connectivity index (χ1n) is 5.41. The lowest BCUT2D eigenvalue weighted by Crippen LogP contribution is -2.15. The van der Waals surface area contributed by atoms with Crippen LogP contribution in [0.5, 0.6) is 0 Å². The van der Waals surface area contributed by atoms with E-state index in [1.165, 1.54) is 6.07 Å². The second-order valence-electron chi connectivity index (χ2n) is 3.66. The van der Waals surface area contributed by atoms with Crippen LogP contribution < -0.4 is 5.32 Å². The van der Waals surface area contributed by atoms with Gasteiger partial charge in [-0.3, -0.25) is 4.79 Å². The molecule has 0 heterocycles. The van der Waals surface area contributed by atoms with Crippen LogP contribution in [0.3, 0.4) is 0 Å². The van der Waals surface area contributed by atoms with Gasteiger partial charge >= 0.3 is 12.1 Å². The molecule has 0 unspecified atom stereocenters. The number of hydrogen-bond acceptors (Lipinski definition) is 3. The number of esters is 1. The first-order valence-corrected chi connectivity index (χ1v) is 5.41. The largest absolute Gasteiger partial charge is 0.462 e. The summed E-state index contributed by atoms with van der Waals surface area (Å²) < 4.78 is 43.1. The van der Waals surface area contributed by atoms with Crippen LogP contribution in [0.15, 0.2) is 18.2 Å². The highest BCUT2D eigenvalue weighted by Gasteiger charge is 2.34. The van der Waals surface area contributed by atoms with E-state index in [2.05, 4.69) is 10.1 Å². The van der Waals surface area contributed by atoms with Gasteiger partial charge in [-0.2, -0.15) is 13.2 Å². The molecule has 1 N–H and O–H groups in total. The molecular weight excluding hydrogens is 263 g/mol. The van der Waals surface area contributed by atoms with E-state index >= 15 is 0 Å². The first-order chi connectivity index (χ1) is 8.75. The van der Waals surface area contributed by atoms with Gasteiger partial charge in [-0.15, -0.1) is 0 Å². The van der Waals surface area contributed by atoms with Crippen LogP contribution in [-0.4, -0.2) is 18.5 Å². The van der Waals surface area contributed by atoms with Crippen LogP contribution >= 0.6 is 0 Å². The summed E-state index contributed by atoms with van der Waals surface area (Å²) in [6, 6.07) is 2.85. The van der Waals surface area contributed by atoms with Crippen molar-refractivity contribution < 1.29 is 27.5 Å². The molecule has 1 rings (SSSR count). The monoisotopic (exact) mass is 275 g/mol. The highest BCUT2D eigenvalue weighted by atomic mass is 19.4. The predicted molar refractivity (Wildman–Crippen MR) is 61.7 cm³/mol. The zero-order valence-corrected chi connectivity index (χ0v) is 10.3. The number of halogens is 3. The molecule has 7 heteroatoms. The smallest absolute Gasteiger partial charge is 0.418 e.